The average Bonchev–Trinajstić information content (AvgIpc) is 1.97. The Kier molecular flexibility index (Phi) is 2.10. The predicted molar refractivity (Wildman–Crippen MR) is 47.4 cm³/mol. The zero-order valence-electron chi connectivity index (χ0n) is 7.56. The smallest absolute Gasteiger partial charge is 0.0825 e. The molecule has 1 aliphatic rings. The Hall–Kier alpha value is -0.300. The monoisotopic (exact) mass is 154 g/mol. The lowest BCUT2D eigenvalue weighted by molar-refractivity contribution is 0.0152. The molecule has 0 aromatic rings. The lowest BCUT2D eigenvalue weighted by atomic mass is 9.71. The van der Waals surface area contributed by atoms with Crippen LogP contribution in [-0.4, -0.2) is 10.7 Å². The molecule has 0 unspecified atom stereocenters. The van der Waals surface area contributed by atoms with E-state index in [0.29, 0.717) is 5.41 Å². The van der Waals surface area contributed by atoms with E-state index in [1.807, 2.05) is 0 Å². The van der Waals surface area contributed by atoms with E-state index >= 15 is 0 Å². The molecule has 0 radical (unpaired) electrons. The van der Waals surface area contributed by atoms with Crippen molar-refractivity contribution in [3.63, 3.8) is 0 Å². The molecule has 1 rings (SSSR count). The summed E-state index contributed by atoms with van der Waals surface area (Å²) in [6, 6.07) is 0. The summed E-state index contributed by atoms with van der Waals surface area (Å²) in [5.74, 6) is 0. The predicted octanol–water partition coefficient (Wildman–Crippen LogP) is 2.50. The van der Waals surface area contributed by atoms with Gasteiger partial charge in [0.05, 0.1) is 5.60 Å². The zero-order valence-corrected chi connectivity index (χ0v) is 7.56. The standard InChI is InChI=1S/C10H18O/c1-4-10(11)7-5-9(2,3)6-8-10/h4,11H,1,5-8H2,2-3H3. The Morgan fingerprint density at radius 1 is 1.18 bits per heavy atom. The lowest BCUT2D eigenvalue weighted by Gasteiger charge is -2.38. The molecule has 1 aliphatic carbocycles. The van der Waals surface area contributed by atoms with Crippen LogP contribution in [0.15, 0.2) is 12.7 Å². The molecule has 0 saturated heterocycles. The topological polar surface area (TPSA) is 20.2 Å². The molecule has 0 bridgehead atoms. The van der Waals surface area contributed by atoms with Crippen LogP contribution in [0.2, 0.25) is 0 Å². The van der Waals surface area contributed by atoms with Crippen LogP contribution < -0.4 is 0 Å². The Labute approximate surface area is 69.1 Å². The SMILES string of the molecule is C=CC1(O)CCC(C)(C)CC1. The third-order valence-electron chi connectivity index (χ3n) is 2.85. The minimum atomic E-state index is -0.560. The maximum Gasteiger partial charge on any atom is 0.0825 e. The van der Waals surface area contributed by atoms with Gasteiger partial charge in [0.25, 0.3) is 0 Å². The Balaban J connectivity index is 2.54. The highest BCUT2D eigenvalue weighted by Crippen LogP contribution is 2.40. The van der Waals surface area contributed by atoms with Gasteiger partial charge in [-0.1, -0.05) is 19.9 Å². The van der Waals surface area contributed by atoms with Crippen molar-refractivity contribution >= 4 is 0 Å². The van der Waals surface area contributed by atoms with Crippen molar-refractivity contribution in [1.29, 1.82) is 0 Å². The van der Waals surface area contributed by atoms with Gasteiger partial charge < -0.3 is 5.11 Å². The number of aliphatic hydroxyl groups is 1. The summed E-state index contributed by atoms with van der Waals surface area (Å²) in [6.45, 7) is 8.17. The molecule has 1 nitrogen and oxygen atoms in total. The quantitative estimate of drug-likeness (QED) is 0.575. The number of hydrogen-bond acceptors (Lipinski definition) is 1. The fourth-order valence-electron chi connectivity index (χ4n) is 1.56. The van der Waals surface area contributed by atoms with Crippen molar-refractivity contribution in [2.75, 3.05) is 0 Å². The summed E-state index contributed by atoms with van der Waals surface area (Å²) < 4.78 is 0. The molecule has 1 N–H and O–H groups in total. The Morgan fingerprint density at radius 2 is 1.64 bits per heavy atom. The molecular formula is C10H18O. The summed E-state index contributed by atoms with van der Waals surface area (Å²) in [6.07, 6.45) is 5.67. The molecule has 0 aromatic carbocycles. The summed E-state index contributed by atoms with van der Waals surface area (Å²) in [4.78, 5) is 0. The van der Waals surface area contributed by atoms with Gasteiger partial charge in [-0.25, -0.2) is 0 Å². The van der Waals surface area contributed by atoms with Gasteiger partial charge in [-0.05, 0) is 31.1 Å². The Morgan fingerprint density at radius 3 is 2.00 bits per heavy atom. The van der Waals surface area contributed by atoms with Gasteiger partial charge in [0, 0.05) is 0 Å². The minimum Gasteiger partial charge on any atom is -0.386 e. The second kappa shape index (κ2) is 2.63. The van der Waals surface area contributed by atoms with E-state index in [-0.39, 0.29) is 0 Å². The van der Waals surface area contributed by atoms with Gasteiger partial charge in [0.15, 0.2) is 0 Å². The molecule has 1 saturated carbocycles. The van der Waals surface area contributed by atoms with E-state index in [2.05, 4.69) is 20.4 Å². The molecular weight excluding hydrogens is 136 g/mol. The van der Waals surface area contributed by atoms with E-state index < -0.39 is 5.60 Å². The normalized spacial score (nSPS) is 27.9. The molecule has 0 aliphatic heterocycles. The van der Waals surface area contributed by atoms with Crippen molar-refractivity contribution in [2.45, 2.75) is 45.1 Å². The van der Waals surface area contributed by atoms with Crippen molar-refractivity contribution in [3.8, 4) is 0 Å². The molecule has 0 heterocycles. The van der Waals surface area contributed by atoms with Crippen LogP contribution in [0.25, 0.3) is 0 Å². The second-order valence-electron chi connectivity index (χ2n) is 4.47. The van der Waals surface area contributed by atoms with Crippen LogP contribution in [0, 0.1) is 5.41 Å². The van der Waals surface area contributed by atoms with E-state index in [1.165, 1.54) is 0 Å². The minimum absolute atomic E-state index is 0.426. The molecule has 1 fully saturated rings. The fraction of sp³-hybridized carbons (Fsp3) is 0.800. The van der Waals surface area contributed by atoms with Gasteiger partial charge in [0.2, 0.25) is 0 Å². The van der Waals surface area contributed by atoms with E-state index in [4.69, 9.17) is 0 Å². The van der Waals surface area contributed by atoms with E-state index in [9.17, 15) is 5.11 Å². The first-order chi connectivity index (χ1) is 4.97. The molecule has 0 spiro atoms. The van der Waals surface area contributed by atoms with Gasteiger partial charge >= 0.3 is 0 Å². The highest BCUT2D eigenvalue weighted by molar-refractivity contribution is 5.00. The zero-order chi connectivity index (χ0) is 8.54. The summed E-state index contributed by atoms with van der Waals surface area (Å²) in [5, 5.41) is 9.79. The highest BCUT2D eigenvalue weighted by Gasteiger charge is 2.33. The third-order valence-corrected chi connectivity index (χ3v) is 2.85. The van der Waals surface area contributed by atoms with E-state index in [0.717, 1.165) is 25.7 Å². The molecule has 0 amide bonds. The first-order valence-corrected chi connectivity index (χ1v) is 4.33. The summed E-state index contributed by atoms with van der Waals surface area (Å²) in [5.41, 5.74) is -0.134. The van der Waals surface area contributed by atoms with Crippen molar-refractivity contribution in [2.24, 2.45) is 5.41 Å². The second-order valence-corrected chi connectivity index (χ2v) is 4.47. The van der Waals surface area contributed by atoms with Crippen LogP contribution in [0.5, 0.6) is 0 Å². The molecule has 64 valence electrons. The largest absolute Gasteiger partial charge is 0.386 e. The van der Waals surface area contributed by atoms with E-state index in [1.54, 1.807) is 6.08 Å². The van der Waals surface area contributed by atoms with Crippen LogP contribution >= 0.6 is 0 Å². The maximum absolute atomic E-state index is 9.79. The molecule has 0 atom stereocenters. The van der Waals surface area contributed by atoms with Gasteiger partial charge in [0.1, 0.15) is 0 Å². The molecule has 11 heavy (non-hydrogen) atoms. The van der Waals surface area contributed by atoms with Gasteiger partial charge in [-0.3, -0.25) is 0 Å². The Bertz CT molecular complexity index is 148. The van der Waals surface area contributed by atoms with Crippen molar-refractivity contribution in [3.05, 3.63) is 12.7 Å². The first-order valence-electron chi connectivity index (χ1n) is 4.33. The molecule has 1 heteroatoms. The van der Waals surface area contributed by atoms with Crippen LogP contribution in [0.1, 0.15) is 39.5 Å². The highest BCUT2D eigenvalue weighted by atomic mass is 16.3. The summed E-state index contributed by atoms with van der Waals surface area (Å²) >= 11 is 0. The maximum atomic E-state index is 9.79. The van der Waals surface area contributed by atoms with Crippen LogP contribution in [0.4, 0.5) is 0 Å². The lowest BCUT2D eigenvalue weighted by Crippen LogP contribution is -2.34. The van der Waals surface area contributed by atoms with Crippen LogP contribution in [-0.2, 0) is 0 Å². The third kappa shape index (κ3) is 2.06. The number of rotatable bonds is 1. The van der Waals surface area contributed by atoms with Crippen molar-refractivity contribution < 1.29 is 5.11 Å². The average molecular weight is 154 g/mol. The number of hydrogen-bond donors (Lipinski definition) is 1. The summed E-state index contributed by atoms with van der Waals surface area (Å²) in [7, 11) is 0. The van der Waals surface area contributed by atoms with Gasteiger partial charge in [-0.2, -0.15) is 0 Å². The molecule has 0 aromatic heterocycles. The van der Waals surface area contributed by atoms with Gasteiger partial charge in [-0.15, -0.1) is 6.58 Å². The first kappa shape index (κ1) is 8.79. The van der Waals surface area contributed by atoms with Crippen molar-refractivity contribution in [1.82, 2.24) is 0 Å². The fourth-order valence-corrected chi connectivity index (χ4v) is 1.56. The van der Waals surface area contributed by atoms with Crippen LogP contribution in [0.3, 0.4) is 0 Å².